The van der Waals surface area contributed by atoms with Crippen LogP contribution in [0.4, 0.5) is 0 Å². The fourth-order valence-corrected chi connectivity index (χ4v) is 2.40. The van der Waals surface area contributed by atoms with Gasteiger partial charge in [0.1, 0.15) is 0 Å². The Kier molecular flexibility index (Phi) is 4.30. The van der Waals surface area contributed by atoms with Crippen LogP contribution in [0.15, 0.2) is 18.2 Å². The summed E-state index contributed by atoms with van der Waals surface area (Å²) < 4.78 is 0. The quantitative estimate of drug-likeness (QED) is 0.806. The minimum atomic E-state index is 0.183. The van der Waals surface area contributed by atoms with Gasteiger partial charge in [-0.15, -0.1) is 0 Å². The third-order valence-corrected chi connectivity index (χ3v) is 3.79. The summed E-state index contributed by atoms with van der Waals surface area (Å²) in [6, 6.07) is 5.37. The Morgan fingerprint density at radius 2 is 1.82 bits per heavy atom. The van der Waals surface area contributed by atoms with E-state index in [0.29, 0.717) is 16.5 Å². The van der Waals surface area contributed by atoms with Crippen molar-refractivity contribution in [3.05, 3.63) is 33.8 Å². The molecule has 2 nitrogen and oxygen atoms in total. The lowest BCUT2D eigenvalue weighted by atomic mass is 10.1. The maximum atomic E-state index is 12.0. The van der Waals surface area contributed by atoms with Crippen molar-refractivity contribution >= 4 is 29.1 Å². The molecule has 1 aliphatic rings. The lowest BCUT2D eigenvalue weighted by Crippen LogP contribution is -2.36. The van der Waals surface area contributed by atoms with Gasteiger partial charge in [-0.2, -0.15) is 0 Å². The van der Waals surface area contributed by atoms with Crippen molar-refractivity contribution in [1.82, 2.24) is 4.90 Å². The normalized spacial score (nSPS) is 16.0. The van der Waals surface area contributed by atoms with Crippen LogP contribution in [0.3, 0.4) is 0 Å². The molecule has 0 saturated carbocycles. The Hall–Kier alpha value is -0.730. The van der Waals surface area contributed by atoms with Crippen molar-refractivity contribution in [2.75, 3.05) is 13.1 Å². The van der Waals surface area contributed by atoms with E-state index in [1.807, 2.05) is 11.0 Å². The summed E-state index contributed by atoms with van der Waals surface area (Å²) in [4.78, 5) is 14.0. The minimum absolute atomic E-state index is 0.183. The fourth-order valence-electron chi connectivity index (χ4n) is 2.08. The Morgan fingerprint density at radius 1 is 1.12 bits per heavy atom. The van der Waals surface area contributed by atoms with Gasteiger partial charge < -0.3 is 4.90 Å². The van der Waals surface area contributed by atoms with Gasteiger partial charge in [0.15, 0.2) is 0 Å². The number of carbonyl (C=O) groups is 1. The van der Waals surface area contributed by atoms with Gasteiger partial charge in [-0.1, -0.05) is 29.3 Å². The maximum Gasteiger partial charge on any atom is 0.226 e. The molecule has 92 valence electrons. The highest BCUT2D eigenvalue weighted by molar-refractivity contribution is 6.42. The van der Waals surface area contributed by atoms with E-state index in [4.69, 9.17) is 23.2 Å². The number of benzene rings is 1. The molecule has 0 unspecified atom stereocenters. The molecule has 2 rings (SSSR count). The molecule has 1 heterocycles. The average molecular weight is 272 g/mol. The number of halogens is 2. The van der Waals surface area contributed by atoms with Crippen LogP contribution in [-0.2, 0) is 11.2 Å². The molecule has 0 radical (unpaired) electrons. The van der Waals surface area contributed by atoms with E-state index in [-0.39, 0.29) is 5.91 Å². The molecular weight excluding hydrogens is 257 g/mol. The summed E-state index contributed by atoms with van der Waals surface area (Å²) in [6.07, 6.45) is 3.88. The van der Waals surface area contributed by atoms with Crippen LogP contribution in [0.5, 0.6) is 0 Å². The van der Waals surface area contributed by atoms with Crippen molar-refractivity contribution in [3.8, 4) is 0 Å². The van der Waals surface area contributed by atoms with Gasteiger partial charge in [0, 0.05) is 13.1 Å². The van der Waals surface area contributed by atoms with E-state index >= 15 is 0 Å². The number of rotatable bonds is 2. The minimum Gasteiger partial charge on any atom is -0.342 e. The van der Waals surface area contributed by atoms with Crippen molar-refractivity contribution in [1.29, 1.82) is 0 Å². The highest BCUT2D eigenvalue weighted by atomic mass is 35.5. The van der Waals surface area contributed by atoms with Crippen LogP contribution in [0.1, 0.15) is 24.8 Å². The van der Waals surface area contributed by atoms with E-state index in [9.17, 15) is 4.79 Å². The molecule has 0 aliphatic carbocycles. The second-order valence-electron chi connectivity index (χ2n) is 4.37. The van der Waals surface area contributed by atoms with Crippen LogP contribution in [0.25, 0.3) is 0 Å². The van der Waals surface area contributed by atoms with Crippen molar-refractivity contribution < 1.29 is 4.79 Å². The summed E-state index contributed by atoms with van der Waals surface area (Å²) in [6.45, 7) is 1.78. The second-order valence-corrected chi connectivity index (χ2v) is 5.18. The summed E-state index contributed by atoms with van der Waals surface area (Å²) >= 11 is 11.8. The van der Waals surface area contributed by atoms with E-state index in [1.54, 1.807) is 12.1 Å². The lowest BCUT2D eigenvalue weighted by molar-refractivity contribution is -0.131. The SMILES string of the molecule is O=C(Cc1ccc(Cl)c(Cl)c1)N1CCCCC1. The third-order valence-electron chi connectivity index (χ3n) is 3.05. The molecule has 0 atom stereocenters. The first kappa shape index (κ1) is 12.7. The number of nitrogens with zero attached hydrogens (tertiary/aromatic N) is 1. The van der Waals surface area contributed by atoms with E-state index < -0.39 is 0 Å². The van der Waals surface area contributed by atoms with E-state index in [0.717, 1.165) is 31.5 Å². The first-order chi connectivity index (χ1) is 8.16. The Bertz CT molecular complexity index is 414. The standard InChI is InChI=1S/C13H15Cl2NO/c14-11-5-4-10(8-12(11)15)9-13(17)16-6-2-1-3-7-16/h4-5,8H,1-3,6-7,9H2. The number of hydrogen-bond acceptors (Lipinski definition) is 1. The van der Waals surface area contributed by atoms with E-state index in [1.165, 1.54) is 6.42 Å². The Morgan fingerprint density at radius 3 is 2.47 bits per heavy atom. The molecule has 1 aromatic carbocycles. The van der Waals surface area contributed by atoms with Crippen LogP contribution in [0, 0.1) is 0 Å². The average Bonchev–Trinajstić information content (AvgIpc) is 2.35. The molecule has 4 heteroatoms. The monoisotopic (exact) mass is 271 g/mol. The van der Waals surface area contributed by atoms with Crippen LogP contribution < -0.4 is 0 Å². The molecule has 0 bridgehead atoms. The Balaban J connectivity index is 1.99. The van der Waals surface area contributed by atoms with Gasteiger partial charge in [-0.25, -0.2) is 0 Å². The molecule has 1 amide bonds. The molecule has 0 N–H and O–H groups in total. The van der Waals surface area contributed by atoms with Crippen molar-refractivity contribution in [2.45, 2.75) is 25.7 Å². The van der Waals surface area contributed by atoms with Gasteiger partial charge in [-0.05, 0) is 37.0 Å². The number of carbonyl (C=O) groups excluding carboxylic acids is 1. The molecule has 17 heavy (non-hydrogen) atoms. The molecule has 1 fully saturated rings. The molecular formula is C13H15Cl2NO. The third kappa shape index (κ3) is 3.36. The molecule has 1 saturated heterocycles. The largest absolute Gasteiger partial charge is 0.342 e. The fraction of sp³-hybridized carbons (Fsp3) is 0.462. The molecule has 0 aromatic heterocycles. The molecule has 1 aliphatic heterocycles. The summed E-state index contributed by atoms with van der Waals surface area (Å²) in [7, 11) is 0. The topological polar surface area (TPSA) is 20.3 Å². The Labute approximate surface area is 112 Å². The first-order valence-electron chi connectivity index (χ1n) is 5.88. The van der Waals surface area contributed by atoms with Gasteiger partial charge in [0.2, 0.25) is 5.91 Å². The predicted molar refractivity (Wildman–Crippen MR) is 70.6 cm³/mol. The smallest absolute Gasteiger partial charge is 0.226 e. The number of amides is 1. The van der Waals surface area contributed by atoms with E-state index in [2.05, 4.69) is 0 Å². The summed E-state index contributed by atoms with van der Waals surface area (Å²) in [5, 5.41) is 1.04. The highest BCUT2D eigenvalue weighted by Gasteiger charge is 2.16. The first-order valence-corrected chi connectivity index (χ1v) is 6.64. The number of piperidine rings is 1. The zero-order valence-electron chi connectivity index (χ0n) is 9.59. The summed E-state index contributed by atoms with van der Waals surface area (Å²) in [5.74, 6) is 0.183. The zero-order chi connectivity index (χ0) is 12.3. The molecule has 1 aromatic rings. The zero-order valence-corrected chi connectivity index (χ0v) is 11.1. The second kappa shape index (κ2) is 5.74. The van der Waals surface area contributed by atoms with Gasteiger partial charge in [0.25, 0.3) is 0 Å². The summed E-state index contributed by atoms with van der Waals surface area (Å²) in [5.41, 5.74) is 0.926. The van der Waals surface area contributed by atoms with Crippen LogP contribution in [0.2, 0.25) is 10.0 Å². The van der Waals surface area contributed by atoms with Crippen molar-refractivity contribution in [2.24, 2.45) is 0 Å². The lowest BCUT2D eigenvalue weighted by Gasteiger charge is -2.26. The van der Waals surface area contributed by atoms with Gasteiger partial charge >= 0.3 is 0 Å². The maximum absolute atomic E-state index is 12.0. The number of likely N-dealkylation sites (tertiary alicyclic amines) is 1. The van der Waals surface area contributed by atoms with Gasteiger partial charge in [0.05, 0.1) is 16.5 Å². The predicted octanol–water partition coefficient (Wildman–Crippen LogP) is 3.55. The number of hydrogen-bond donors (Lipinski definition) is 0. The van der Waals surface area contributed by atoms with Gasteiger partial charge in [-0.3, -0.25) is 4.79 Å². The highest BCUT2D eigenvalue weighted by Crippen LogP contribution is 2.23. The molecule has 0 spiro atoms. The van der Waals surface area contributed by atoms with Crippen LogP contribution in [-0.4, -0.2) is 23.9 Å². The van der Waals surface area contributed by atoms with Crippen LogP contribution >= 0.6 is 23.2 Å². The van der Waals surface area contributed by atoms with Crippen molar-refractivity contribution in [3.63, 3.8) is 0 Å².